The zero-order valence-electron chi connectivity index (χ0n) is 10.3. The van der Waals surface area contributed by atoms with Crippen LogP contribution in [0.2, 0.25) is 0 Å². The summed E-state index contributed by atoms with van der Waals surface area (Å²) in [5.74, 6) is 0.441. The molecule has 1 amide bonds. The lowest BCUT2D eigenvalue weighted by molar-refractivity contribution is -0.117. The van der Waals surface area contributed by atoms with Crippen LogP contribution in [0.3, 0.4) is 0 Å². The van der Waals surface area contributed by atoms with Crippen molar-refractivity contribution in [2.24, 2.45) is 0 Å². The highest BCUT2D eigenvalue weighted by molar-refractivity contribution is 5.87. The van der Waals surface area contributed by atoms with Crippen LogP contribution < -0.4 is 16.0 Å². The number of amides is 1. The van der Waals surface area contributed by atoms with Gasteiger partial charge in [-0.05, 0) is 25.0 Å². The van der Waals surface area contributed by atoms with Crippen LogP contribution in [0, 0.1) is 0 Å². The van der Waals surface area contributed by atoms with Gasteiger partial charge in [0.05, 0.1) is 0 Å². The molecule has 1 aromatic heterocycles. The molecular weight excluding hydrogens is 228 g/mol. The van der Waals surface area contributed by atoms with E-state index < -0.39 is 0 Å². The summed E-state index contributed by atoms with van der Waals surface area (Å²) in [6, 6.07) is 4.08. The zero-order valence-corrected chi connectivity index (χ0v) is 10.3. The third-order valence-electron chi connectivity index (χ3n) is 3.16. The van der Waals surface area contributed by atoms with Crippen LogP contribution in [0.4, 0.5) is 11.5 Å². The highest BCUT2D eigenvalue weighted by Crippen LogP contribution is 2.20. The minimum atomic E-state index is -0.0957. The van der Waals surface area contributed by atoms with Gasteiger partial charge in [0.2, 0.25) is 5.91 Å². The number of anilines is 2. The fourth-order valence-corrected chi connectivity index (χ4v) is 2.18. The first-order valence-electron chi connectivity index (χ1n) is 6.08. The van der Waals surface area contributed by atoms with Crippen molar-refractivity contribution in [3.05, 3.63) is 31.0 Å². The number of piperidine rings is 1. The van der Waals surface area contributed by atoms with Gasteiger partial charge < -0.3 is 16.0 Å². The van der Waals surface area contributed by atoms with Crippen molar-refractivity contribution in [2.45, 2.75) is 18.9 Å². The van der Waals surface area contributed by atoms with E-state index in [4.69, 9.17) is 5.73 Å². The standard InChI is InChI=1S/C13H18N4O/c1-2-13(18)16-10-4-7-17(8-5-10)11-3-6-15-12(14)9-11/h2-3,6,9-10H,1,4-5,7-8H2,(H2,14,15)(H,16,18). The van der Waals surface area contributed by atoms with Gasteiger partial charge in [-0.3, -0.25) is 4.79 Å². The molecular formula is C13H18N4O. The quantitative estimate of drug-likeness (QED) is 0.778. The van der Waals surface area contributed by atoms with Crippen LogP contribution in [0.25, 0.3) is 0 Å². The van der Waals surface area contributed by atoms with Gasteiger partial charge in [-0.15, -0.1) is 0 Å². The number of nitrogens with zero attached hydrogens (tertiary/aromatic N) is 2. The van der Waals surface area contributed by atoms with Gasteiger partial charge in [0.1, 0.15) is 5.82 Å². The van der Waals surface area contributed by atoms with Crippen molar-refractivity contribution >= 4 is 17.4 Å². The molecule has 5 nitrogen and oxygen atoms in total. The van der Waals surface area contributed by atoms with Crippen molar-refractivity contribution < 1.29 is 4.79 Å². The van der Waals surface area contributed by atoms with Crippen LogP contribution in [0.1, 0.15) is 12.8 Å². The minimum absolute atomic E-state index is 0.0957. The fraction of sp³-hybridized carbons (Fsp3) is 0.385. The number of rotatable bonds is 3. The summed E-state index contributed by atoms with van der Waals surface area (Å²) in [5.41, 5.74) is 6.76. The van der Waals surface area contributed by atoms with Crippen LogP contribution in [0.15, 0.2) is 31.0 Å². The number of nitrogens with one attached hydrogen (secondary N) is 1. The van der Waals surface area contributed by atoms with E-state index in [0.717, 1.165) is 31.6 Å². The summed E-state index contributed by atoms with van der Waals surface area (Å²) in [5, 5.41) is 2.93. The molecule has 2 heterocycles. The predicted molar refractivity (Wildman–Crippen MR) is 72.2 cm³/mol. The van der Waals surface area contributed by atoms with Gasteiger partial charge in [-0.25, -0.2) is 4.98 Å². The Morgan fingerprint density at radius 2 is 2.28 bits per heavy atom. The van der Waals surface area contributed by atoms with E-state index in [1.807, 2.05) is 12.1 Å². The second-order valence-electron chi connectivity index (χ2n) is 4.41. The van der Waals surface area contributed by atoms with E-state index in [9.17, 15) is 4.79 Å². The maximum atomic E-state index is 11.2. The summed E-state index contributed by atoms with van der Waals surface area (Å²) >= 11 is 0. The molecule has 2 rings (SSSR count). The average Bonchev–Trinajstić information content (AvgIpc) is 2.39. The lowest BCUT2D eigenvalue weighted by atomic mass is 10.0. The van der Waals surface area contributed by atoms with Gasteiger partial charge in [0, 0.05) is 37.1 Å². The number of carbonyl (C=O) groups is 1. The molecule has 0 saturated carbocycles. The molecule has 1 fully saturated rings. The van der Waals surface area contributed by atoms with E-state index in [0.29, 0.717) is 5.82 Å². The predicted octanol–water partition coefficient (Wildman–Crippen LogP) is 0.935. The third-order valence-corrected chi connectivity index (χ3v) is 3.16. The first-order chi connectivity index (χ1) is 8.69. The number of hydrogen-bond donors (Lipinski definition) is 2. The number of nitrogen functional groups attached to an aromatic ring is 1. The number of nitrogens with two attached hydrogens (primary N) is 1. The molecule has 0 bridgehead atoms. The second-order valence-corrected chi connectivity index (χ2v) is 4.41. The molecule has 0 radical (unpaired) electrons. The van der Waals surface area contributed by atoms with Crippen molar-refractivity contribution in [3.63, 3.8) is 0 Å². The van der Waals surface area contributed by atoms with Crippen molar-refractivity contribution in [3.8, 4) is 0 Å². The smallest absolute Gasteiger partial charge is 0.243 e. The Morgan fingerprint density at radius 1 is 1.56 bits per heavy atom. The van der Waals surface area contributed by atoms with E-state index >= 15 is 0 Å². The van der Waals surface area contributed by atoms with Crippen molar-refractivity contribution in [2.75, 3.05) is 23.7 Å². The van der Waals surface area contributed by atoms with Gasteiger partial charge in [0.25, 0.3) is 0 Å². The Hall–Kier alpha value is -2.04. The molecule has 3 N–H and O–H groups in total. The molecule has 1 aromatic rings. The Labute approximate surface area is 107 Å². The van der Waals surface area contributed by atoms with Gasteiger partial charge in [0.15, 0.2) is 0 Å². The van der Waals surface area contributed by atoms with E-state index in [1.165, 1.54) is 6.08 Å². The highest BCUT2D eigenvalue weighted by Gasteiger charge is 2.20. The highest BCUT2D eigenvalue weighted by atomic mass is 16.1. The number of pyridine rings is 1. The number of hydrogen-bond acceptors (Lipinski definition) is 4. The monoisotopic (exact) mass is 246 g/mol. The SMILES string of the molecule is C=CC(=O)NC1CCN(c2ccnc(N)c2)CC1. The maximum Gasteiger partial charge on any atom is 0.243 e. The summed E-state index contributed by atoms with van der Waals surface area (Å²) in [4.78, 5) is 17.5. The molecule has 1 aliphatic rings. The molecule has 1 saturated heterocycles. The molecule has 96 valence electrons. The Kier molecular flexibility index (Phi) is 3.82. The molecule has 0 aromatic carbocycles. The number of aromatic nitrogens is 1. The van der Waals surface area contributed by atoms with Gasteiger partial charge >= 0.3 is 0 Å². The lowest BCUT2D eigenvalue weighted by Crippen LogP contribution is -2.44. The first-order valence-corrected chi connectivity index (χ1v) is 6.08. The summed E-state index contributed by atoms with van der Waals surface area (Å²) in [6.45, 7) is 5.27. The largest absolute Gasteiger partial charge is 0.384 e. The third kappa shape index (κ3) is 3.00. The van der Waals surface area contributed by atoms with Crippen LogP contribution in [0.5, 0.6) is 0 Å². The van der Waals surface area contributed by atoms with E-state index in [-0.39, 0.29) is 11.9 Å². The Balaban J connectivity index is 1.90. The summed E-state index contributed by atoms with van der Waals surface area (Å²) < 4.78 is 0. The lowest BCUT2D eigenvalue weighted by Gasteiger charge is -2.33. The van der Waals surface area contributed by atoms with Crippen LogP contribution in [-0.4, -0.2) is 30.0 Å². The molecule has 18 heavy (non-hydrogen) atoms. The van der Waals surface area contributed by atoms with Gasteiger partial charge in [-0.1, -0.05) is 6.58 Å². The molecule has 0 atom stereocenters. The topological polar surface area (TPSA) is 71.2 Å². The van der Waals surface area contributed by atoms with Crippen LogP contribution in [-0.2, 0) is 4.79 Å². The summed E-state index contributed by atoms with van der Waals surface area (Å²) in [7, 11) is 0. The average molecular weight is 246 g/mol. The maximum absolute atomic E-state index is 11.2. The van der Waals surface area contributed by atoms with E-state index in [1.54, 1.807) is 6.20 Å². The second kappa shape index (κ2) is 5.53. The molecule has 5 heteroatoms. The Morgan fingerprint density at radius 3 is 2.89 bits per heavy atom. The fourth-order valence-electron chi connectivity index (χ4n) is 2.18. The van der Waals surface area contributed by atoms with Crippen molar-refractivity contribution in [1.29, 1.82) is 0 Å². The van der Waals surface area contributed by atoms with E-state index in [2.05, 4.69) is 21.8 Å². The molecule has 0 unspecified atom stereocenters. The van der Waals surface area contributed by atoms with Gasteiger partial charge in [-0.2, -0.15) is 0 Å². The minimum Gasteiger partial charge on any atom is -0.384 e. The summed E-state index contributed by atoms with van der Waals surface area (Å²) in [6.07, 6.45) is 4.90. The Bertz CT molecular complexity index is 438. The molecule has 0 spiro atoms. The van der Waals surface area contributed by atoms with Crippen molar-refractivity contribution in [1.82, 2.24) is 10.3 Å². The zero-order chi connectivity index (χ0) is 13.0. The number of carbonyl (C=O) groups excluding carboxylic acids is 1. The van der Waals surface area contributed by atoms with Crippen LogP contribution >= 0.6 is 0 Å². The normalized spacial score (nSPS) is 16.3. The molecule has 0 aliphatic carbocycles. The first kappa shape index (κ1) is 12.4. The molecule has 1 aliphatic heterocycles.